The molecule has 146 valence electrons. The molecule has 0 fully saturated rings. The van der Waals surface area contributed by atoms with Gasteiger partial charge in [-0.15, -0.1) is 0 Å². The molecule has 3 aromatic rings. The highest BCUT2D eigenvalue weighted by molar-refractivity contribution is 6.05. The Hall–Kier alpha value is -3.87. The Labute approximate surface area is 167 Å². The summed E-state index contributed by atoms with van der Waals surface area (Å²) in [4.78, 5) is 28.8. The number of carbonyl (C=O) groups is 2. The molecule has 7 nitrogen and oxygen atoms in total. The molecule has 7 heteroatoms. The van der Waals surface area contributed by atoms with Crippen molar-refractivity contribution in [1.82, 2.24) is 4.98 Å². The quantitative estimate of drug-likeness (QED) is 0.711. The first-order valence-corrected chi connectivity index (χ1v) is 9.13. The first kappa shape index (κ1) is 18.5. The molecular formula is C22H19N3O4. The fourth-order valence-electron chi connectivity index (χ4n) is 2.83. The Morgan fingerprint density at radius 1 is 0.828 bits per heavy atom. The number of pyridine rings is 1. The highest BCUT2D eigenvalue weighted by Crippen LogP contribution is 2.32. The van der Waals surface area contributed by atoms with Gasteiger partial charge >= 0.3 is 0 Å². The third-order valence-corrected chi connectivity index (χ3v) is 4.37. The van der Waals surface area contributed by atoms with Crippen LogP contribution in [0.15, 0.2) is 60.8 Å². The van der Waals surface area contributed by atoms with Gasteiger partial charge in [-0.05, 0) is 43.3 Å². The Morgan fingerprint density at radius 3 is 2.24 bits per heavy atom. The van der Waals surface area contributed by atoms with E-state index in [0.717, 1.165) is 5.56 Å². The van der Waals surface area contributed by atoms with Gasteiger partial charge in [0.2, 0.25) is 0 Å². The summed E-state index contributed by atoms with van der Waals surface area (Å²) in [7, 11) is 0. The van der Waals surface area contributed by atoms with E-state index in [0.29, 0.717) is 41.7 Å². The summed E-state index contributed by atoms with van der Waals surface area (Å²) in [6.07, 6.45) is 1.45. The van der Waals surface area contributed by atoms with Crippen LogP contribution in [0.5, 0.6) is 11.5 Å². The topological polar surface area (TPSA) is 89.6 Å². The number of aryl methyl sites for hydroxylation is 1. The number of benzene rings is 2. The lowest BCUT2D eigenvalue weighted by Crippen LogP contribution is -2.17. The number of nitrogens with one attached hydrogen (secondary N) is 2. The maximum absolute atomic E-state index is 12.4. The van der Waals surface area contributed by atoms with Gasteiger partial charge in [0.25, 0.3) is 11.8 Å². The maximum atomic E-state index is 12.4. The predicted octanol–water partition coefficient (Wildman–Crippen LogP) is 3.67. The number of amides is 2. The van der Waals surface area contributed by atoms with E-state index in [2.05, 4.69) is 15.6 Å². The zero-order valence-electron chi connectivity index (χ0n) is 15.8. The van der Waals surface area contributed by atoms with E-state index in [1.54, 1.807) is 42.5 Å². The number of hydrogen-bond acceptors (Lipinski definition) is 5. The van der Waals surface area contributed by atoms with Gasteiger partial charge in [-0.25, -0.2) is 4.98 Å². The Balaban J connectivity index is 1.40. The highest BCUT2D eigenvalue weighted by Gasteiger charge is 2.14. The molecule has 0 saturated heterocycles. The Morgan fingerprint density at radius 2 is 1.52 bits per heavy atom. The van der Waals surface area contributed by atoms with Crippen molar-refractivity contribution in [2.24, 2.45) is 0 Å². The number of anilines is 2. The minimum atomic E-state index is -0.363. The zero-order valence-corrected chi connectivity index (χ0v) is 15.8. The molecule has 2 aromatic carbocycles. The van der Waals surface area contributed by atoms with Crippen LogP contribution in [0.3, 0.4) is 0 Å². The van der Waals surface area contributed by atoms with E-state index in [9.17, 15) is 9.59 Å². The van der Waals surface area contributed by atoms with Crippen molar-refractivity contribution >= 4 is 23.2 Å². The van der Waals surface area contributed by atoms with Crippen molar-refractivity contribution in [3.8, 4) is 11.5 Å². The fourth-order valence-corrected chi connectivity index (χ4v) is 2.83. The lowest BCUT2D eigenvalue weighted by molar-refractivity contribution is 0.101. The third-order valence-electron chi connectivity index (χ3n) is 4.37. The molecule has 0 spiro atoms. The van der Waals surface area contributed by atoms with Crippen LogP contribution in [0.1, 0.15) is 26.4 Å². The first-order chi connectivity index (χ1) is 14.1. The van der Waals surface area contributed by atoms with Crippen molar-refractivity contribution in [1.29, 1.82) is 0 Å². The normalized spacial score (nSPS) is 12.2. The molecule has 0 aliphatic carbocycles. The van der Waals surface area contributed by atoms with Gasteiger partial charge in [0.15, 0.2) is 11.5 Å². The lowest BCUT2D eigenvalue weighted by atomic mass is 10.1. The monoisotopic (exact) mass is 389 g/mol. The van der Waals surface area contributed by atoms with Gasteiger partial charge in [-0.1, -0.05) is 17.7 Å². The lowest BCUT2D eigenvalue weighted by Gasteiger charge is -2.18. The number of rotatable bonds is 4. The van der Waals surface area contributed by atoms with Gasteiger partial charge in [0.1, 0.15) is 18.9 Å². The van der Waals surface area contributed by atoms with Crippen molar-refractivity contribution in [3.63, 3.8) is 0 Å². The summed E-state index contributed by atoms with van der Waals surface area (Å²) in [6.45, 7) is 2.94. The Kier molecular flexibility index (Phi) is 5.11. The molecule has 2 N–H and O–H groups in total. The largest absolute Gasteiger partial charge is 0.486 e. The SMILES string of the molecule is Cc1ccc(C(=O)Nc2ccc(C(=O)Nc3ccc4c(c3)OCCO4)nc2)cc1. The maximum Gasteiger partial charge on any atom is 0.274 e. The Bertz CT molecular complexity index is 1050. The smallest absolute Gasteiger partial charge is 0.274 e. The molecule has 1 aromatic heterocycles. The van der Waals surface area contributed by atoms with Crippen LogP contribution in [-0.4, -0.2) is 30.0 Å². The van der Waals surface area contributed by atoms with Gasteiger partial charge in [-0.2, -0.15) is 0 Å². The number of ether oxygens (including phenoxy) is 2. The molecule has 0 radical (unpaired) electrons. The molecule has 0 unspecified atom stereocenters. The van der Waals surface area contributed by atoms with E-state index in [-0.39, 0.29) is 17.5 Å². The van der Waals surface area contributed by atoms with Crippen molar-refractivity contribution < 1.29 is 19.1 Å². The summed E-state index contributed by atoms with van der Waals surface area (Å²) in [5.41, 5.74) is 2.95. The minimum absolute atomic E-state index is 0.230. The predicted molar refractivity (Wildman–Crippen MR) is 109 cm³/mol. The van der Waals surface area contributed by atoms with Gasteiger partial charge in [-0.3, -0.25) is 9.59 Å². The first-order valence-electron chi connectivity index (χ1n) is 9.13. The number of carbonyl (C=O) groups excluding carboxylic acids is 2. The number of hydrogen-bond donors (Lipinski definition) is 2. The van der Waals surface area contributed by atoms with Crippen LogP contribution >= 0.6 is 0 Å². The van der Waals surface area contributed by atoms with Crippen molar-refractivity contribution in [3.05, 3.63) is 77.6 Å². The van der Waals surface area contributed by atoms with E-state index >= 15 is 0 Å². The summed E-state index contributed by atoms with van der Waals surface area (Å²) >= 11 is 0. The number of aromatic nitrogens is 1. The van der Waals surface area contributed by atoms with Crippen LogP contribution < -0.4 is 20.1 Å². The van der Waals surface area contributed by atoms with Crippen molar-refractivity contribution in [2.75, 3.05) is 23.8 Å². The molecule has 2 heterocycles. The van der Waals surface area contributed by atoms with E-state index < -0.39 is 0 Å². The molecule has 2 amide bonds. The summed E-state index contributed by atoms with van der Waals surface area (Å²) in [5.74, 6) is 0.649. The molecular weight excluding hydrogens is 370 g/mol. The highest BCUT2D eigenvalue weighted by atomic mass is 16.6. The molecule has 0 saturated carbocycles. The molecule has 1 aliphatic heterocycles. The van der Waals surface area contributed by atoms with Crippen LogP contribution in [0.4, 0.5) is 11.4 Å². The molecule has 4 rings (SSSR count). The van der Waals surface area contributed by atoms with E-state index in [4.69, 9.17) is 9.47 Å². The number of fused-ring (bicyclic) bond motifs is 1. The average molecular weight is 389 g/mol. The second-order valence-electron chi connectivity index (χ2n) is 6.56. The summed E-state index contributed by atoms with van der Waals surface area (Å²) in [5, 5.41) is 5.54. The van der Waals surface area contributed by atoms with Crippen molar-refractivity contribution in [2.45, 2.75) is 6.92 Å². The summed E-state index contributed by atoms with van der Waals surface area (Å²) in [6, 6.07) is 15.7. The second kappa shape index (κ2) is 8.02. The standard InChI is InChI=1S/C22H19N3O4/c1-14-2-4-15(5-3-14)21(26)25-17-6-8-18(23-13-17)22(27)24-16-7-9-19-20(12-16)29-11-10-28-19/h2-9,12-13H,10-11H2,1H3,(H,24,27)(H,25,26). The second-order valence-corrected chi connectivity index (χ2v) is 6.56. The van der Waals surface area contributed by atoms with Gasteiger partial charge in [0, 0.05) is 17.3 Å². The zero-order chi connectivity index (χ0) is 20.2. The van der Waals surface area contributed by atoms with Crippen LogP contribution in [0.25, 0.3) is 0 Å². The number of nitrogens with zero attached hydrogens (tertiary/aromatic N) is 1. The molecule has 0 atom stereocenters. The molecule has 1 aliphatic rings. The van der Waals surface area contributed by atoms with Crippen LogP contribution in [0.2, 0.25) is 0 Å². The van der Waals surface area contributed by atoms with Gasteiger partial charge in [0.05, 0.1) is 11.9 Å². The van der Waals surface area contributed by atoms with Crippen LogP contribution in [-0.2, 0) is 0 Å². The van der Waals surface area contributed by atoms with E-state index in [1.165, 1.54) is 6.20 Å². The fraction of sp³-hybridized carbons (Fsp3) is 0.136. The van der Waals surface area contributed by atoms with E-state index in [1.807, 2.05) is 19.1 Å². The minimum Gasteiger partial charge on any atom is -0.486 e. The van der Waals surface area contributed by atoms with Crippen LogP contribution in [0, 0.1) is 6.92 Å². The molecule has 29 heavy (non-hydrogen) atoms. The third kappa shape index (κ3) is 4.35. The average Bonchev–Trinajstić information content (AvgIpc) is 2.74. The molecule has 0 bridgehead atoms. The van der Waals surface area contributed by atoms with Gasteiger partial charge < -0.3 is 20.1 Å². The summed E-state index contributed by atoms with van der Waals surface area (Å²) < 4.78 is 11.0.